The smallest absolute Gasteiger partial charge is 0.237 e. The van der Waals surface area contributed by atoms with Crippen molar-refractivity contribution in [3.8, 4) is 5.88 Å². The number of nitrogens with zero attached hydrogens (tertiary/aromatic N) is 3. The van der Waals surface area contributed by atoms with E-state index in [1.54, 1.807) is 0 Å². The minimum atomic E-state index is 0.666. The minimum absolute atomic E-state index is 0.666. The van der Waals surface area contributed by atoms with Gasteiger partial charge in [-0.1, -0.05) is 6.07 Å². The molecule has 0 saturated heterocycles. The summed E-state index contributed by atoms with van der Waals surface area (Å²) in [7, 11) is 0. The molecule has 2 aliphatic heterocycles. The van der Waals surface area contributed by atoms with E-state index in [-0.39, 0.29) is 0 Å². The van der Waals surface area contributed by atoms with Gasteiger partial charge in [-0.3, -0.25) is 0 Å². The maximum atomic E-state index is 5.68. The zero-order valence-corrected chi connectivity index (χ0v) is 17.7. The van der Waals surface area contributed by atoms with Crippen LogP contribution in [0.4, 0.5) is 22.9 Å². The van der Waals surface area contributed by atoms with Crippen molar-refractivity contribution in [2.24, 2.45) is 0 Å². The molecule has 0 saturated carbocycles. The van der Waals surface area contributed by atoms with Crippen LogP contribution in [0.5, 0.6) is 5.88 Å². The molecule has 0 fully saturated rings. The van der Waals surface area contributed by atoms with Crippen molar-refractivity contribution < 1.29 is 4.74 Å². The number of hydrogen-bond donors (Lipinski definition) is 2. The summed E-state index contributed by atoms with van der Waals surface area (Å²) in [4.78, 5) is 11.6. The van der Waals surface area contributed by atoms with E-state index in [1.165, 1.54) is 27.8 Å². The zero-order valence-electron chi connectivity index (χ0n) is 17.7. The van der Waals surface area contributed by atoms with Crippen molar-refractivity contribution in [1.29, 1.82) is 0 Å². The topological polar surface area (TPSA) is 62.3 Å². The molecule has 0 amide bonds. The number of rotatable bonds is 3. The number of hydrogen-bond acceptors (Lipinski definition) is 6. The van der Waals surface area contributed by atoms with E-state index in [0.717, 1.165) is 48.9 Å². The second-order valence-corrected chi connectivity index (χ2v) is 8.16. The summed E-state index contributed by atoms with van der Waals surface area (Å²) in [6.45, 7) is 9.70. The molecule has 1 aromatic carbocycles. The van der Waals surface area contributed by atoms with Gasteiger partial charge in [0, 0.05) is 37.1 Å². The van der Waals surface area contributed by atoms with E-state index < -0.39 is 0 Å². The predicted molar refractivity (Wildman–Crippen MR) is 121 cm³/mol. The third-order valence-corrected chi connectivity index (χ3v) is 6.13. The largest absolute Gasteiger partial charge is 0.474 e. The van der Waals surface area contributed by atoms with Crippen LogP contribution in [0.3, 0.4) is 0 Å². The van der Waals surface area contributed by atoms with Crippen LogP contribution in [-0.4, -0.2) is 29.7 Å². The van der Waals surface area contributed by atoms with Gasteiger partial charge in [0.1, 0.15) is 18.1 Å². The summed E-state index contributed by atoms with van der Waals surface area (Å²) >= 11 is 0. The Kier molecular flexibility index (Phi) is 4.69. The quantitative estimate of drug-likeness (QED) is 0.673. The van der Waals surface area contributed by atoms with Gasteiger partial charge >= 0.3 is 0 Å². The van der Waals surface area contributed by atoms with Crippen molar-refractivity contribution in [2.45, 2.75) is 33.7 Å². The monoisotopic (exact) mass is 401 g/mol. The van der Waals surface area contributed by atoms with E-state index in [1.807, 2.05) is 12.4 Å². The van der Waals surface area contributed by atoms with Gasteiger partial charge < -0.3 is 20.3 Å². The zero-order chi connectivity index (χ0) is 20.7. The van der Waals surface area contributed by atoms with Gasteiger partial charge in [-0.05, 0) is 67.6 Å². The number of nitrogens with one attached hydrogen (secondary N) is 2. The van der Waals surface area contributed by atoms with Gasteiger partial charge in [0.15, 0.2) is 0 Å². The number of aromatic nitrogens is 2. The average Bonchev–Trinajstić information content (AvgIpc) is 2.76. The lowest BCUT2D eigenvalue weighted by Gasteiger charge is -2.33. The molecule has 154 valence electrons. The van der Waals surface area contributed by atoms with Gasteiger partial charge in [0.25, 0.3) is 0 Å². The second kappa shape index (κ2) is 7.52. The fraction of sp³-hybridized carbons (Fsp3) is 0.333. The Morgan fingerprint density at radius 3 is 2.80 bits per heavy atom. The number of ether oxygens (including phenoxy) is 1. The molecule has 30 heavy (non-hydrogen) atoms. The Bertz CT molecular complexity index is 1110. The van der Waals surface area contributed by atoms with Crippen molar-refractivity contribution in [3.63, 3.8) is 0 Å². The molecule has 6 heteroatoms. The lowest BCUT2D eigenvalue weighted by atomic mass is 10.0. The SMILES string of the molecule is Cc1ccc(Nc2cc3c(cn2)CCN(c2cnc4c(c2C)NCCO4)C3)cc1C. The van der Waals surface area contributed by atoms with Crippen molar-refractivity contribution in [1.82, 2.24) is 9.97 Å². The number of aryl methyl sites for hydroxylation is 2. The van der Waals surface area contributed by atoms with Crippen LogP contribution in [0.2, 0.25) is 0 Å². The minimum Gasteiger partial charge on any atom is -0.474 e. The van der Waals surface area contributed by atoms with Crippen LogP contribution >= 0.6 is 0 Å². The molecule has 5 rings (SSSR count). The number of benzene rings is 1. The van der Waals surface area contributed by atoms with Crippen LogP contribution in [0.1, 0.15) is 27.8 Å². The van der Waals surface area contributed by atoms with Crippen LogP contribution in [0, 0.1) is 20.8 Å². The fourth-order valence-electron chi connectivity index (χ4n) is 4.21. The maximum absolute atomic E-state index is 5.68. The molecule has 3 aromatic rings. The molecule has 0 aliphatic carbocycles. The van der Waals surface area contributed by atoms with Crippen LogP contribution < -0.4 is 20.3 Å². The molecular weight excluding hydrogens is 374 g/mol. The van der Waals surface area contributed by atoms with Crippen molar-refractivity contribution in [3.05, 3.63) is 64.5 Å². The van der Waals surface area contributed by atoms with E-state index in [2.05, 4.69) is 70.5 Å². The number of pyridine rings is 2. The second-order valence-electron chi connectivity index (χ2n) is 8.16. The molecular formula is C24H27N5O. The van der Waals surface area contributed by atoms with E-state index in [9.17, 15) is 0 Å². The Morgan fingerprint density at radius 1 is 1.03 bits per heavy atom. The maximum Gasteiger partial charge on any atom is 0.237 e. The van der Waals surface area contributed by atoms with Crippen LogP contribution in [0.25, 0.3) is 0 Å². The van der Waals surface area contributed by atoms with Gasteiger partial charge in [0.2, 0.25) is 5.88 Å². The normalized spacial score (nSPS) is 15.0. The molecule has 2 N–H and O–H groups in total. The lowest BCUT2D eigenvalue weighted by Crippen LogP contribution is -2.32. The highest BCUT2D eigenvalue weighted by Crippen LogP contribution is 2.36. The van der Waals surface area contributed by atoms with E-state index in [4.69, 9.17) is 4.74 Å². The molecule has 4 heterocycles. The summed E-state index contributed by atoms with van der Waals surface area (Å²) in [5.41, 5.74) is 9.66. The van der Waals surface area contributed by atoms with Gasteiger partial charge in [0.05, 0.1) is 11.9 Å². The molecule has 0 atom stereocenters. The summed E-state index contributed by atoms with van der Waals surface area (Å²) in [5.74, 6) is 1.60. The lowest BCUT2D eigenvalue weighted by molar-refractivity contribution is 0.310. The highest BCUT2D eigenvalue weighted by Gasteiger charge is 2.23. The third kappa shape index (κ3) is 3.43. The first-order chi connectivity index (χ1) is 14.6. The molecule has 0 bridgehead atoms. The standard InChI is InChI=1S/C24H27N5O/c1-15-4-5-20(10-16(15)2)28-22-11-19-14-29(8-6-18(19)12-26-22)21-13-27-24-23(17(21)3)25-7-9-30-24/h4-5,10-13,25H,6-9,14H2,1-3H3,(H,26,28). The van der Waals surface area contributed by atoms with Crippen molar-refractivity contribution in [2.75, 3.05) is 35.2 Å². The average molecular weight is 402 g/mol. The number of anilines is 4. The first kappa shape index (κ1) is 18.7. The van der Waals surface area contributed by atoms with E-state index in [0.29, 0.717) is 12.5 Å². The van der Waals surface area contributed by atoms with Gasteiger partial charge in [-0.15, -0.1) is 0 Å². The Balaban J connectivity index is 1.39. The van der Waals surface area contributed by atoms with Crippen LogP contribution in [0.15, 0.2) is 36.7 Å². The Hall–Kier alpha value is -3.28. The molecule has 2 aliphatic rings. The van der Waals surface area contributed by atoms with Crippen molar-refractivity contribution >= 4 is 22.9 Å². The first-order valence-corrected chi connectivity index (χ1v) is 10.5. The molecule has 0 unspecified atom stereocenters. The molecule has 0 radical (unpaired) electrons. The van der Waals surface area contributed by atoms with Crippen LogP contribution in [-0.2, 0) is 13.0 Å². The highest BCUT2D eigenvalue weighted by atomic mass is 16.5. The fourth-order valence-corrected chi connectivity index (χ4v) is 4.21. The third-order valence-electron chi connectivity index (χ3n) is 6.13. The highest BCUT2D eigenvalue weighted by molar-refractivity contribution is 5.70. The summed E-state index contributed by atoms with van der Waals surface area (Å²) < 4.78 is 5.68. The number of fused-ring (bicyclic) bond motifs is 2. The first-order valence-electron chi connectivity index (χ1n) is 10.5. The Labute approximate surface area is 177 Å². The molecule has 6 nitrogen and oxygen atoms in total. The predicted octanol–water partition coefficient (Wildman–Crippen LogP) is 4.51. The molecule has 0 spiro atoms. The van der Waals surface area contributed by atoms with Gasteiger partial charge in [-0.25, -0.2) is 9.97 Å². The Morgan fingerprint density at radius 2 is 1.93 bits per heavy atom. The summed E-state index contributed by atoms with van der Waals surface area (Å²) in [5, 5.41) is 6.90. The molecule has 2 aromatic heterocycles. The summed E-state index contributed by atoms with van der Waals surface area (Å²) in [6, 6.07) is 8.59. The summed E-state index contributed by atoms with van der Waals surface area (Å²) in [6.07, 6.45) is 4.94. The van der Waals surface area contributed by atoms with Gasteiger partial charge in [-0.2, -0.15) is 0 Å². The van der Waals surface area contributed by atoms with E-state index >= 15 is 0 Å².